The lowest BCUT2D eigenvalue weighted by molar-refractivity contribution is -0.116. The van der Waals surface area contributed by atoms with E-state index in [-0.39, 0.29) is 12.3 Å². The summed E-state index contributed by atoms with van der Waals surface area (Å²) in [5.41, 5.74) is 1.49. The van der Waals surface area contributed by atoms with Crippen LogP contribution >= 0.6 is 0 Å². The minimum atomic E-state index is -3.36. The van der Waals surface area contributed by atoms with Crippen LogP contribution in [0, 0.1) is 6.92 Å². The molecule has 2 rings (SSSR count). The second-order valence-electron chi connectivity index (χ2n) is 7.48. The predicted molar refractivity (Wildman–Crippen MR) is 106 cm³/mol. The van der Waals surface area contributed by atoms with Crippen LogP contribution in [0.3, 0.4) is 0 Å². The molecule has 27 heavy (non-hydrogen) atoms. The number of carbonyl (C=O) groups excluding carboxylic acids is 1. The fraction of sp³-hybridized carbons (Fsp3) is 0.474. The van der Waals surface area contributed by atoms with Gasteiger partial charge in [0.1, 0.15) is 5.58 Å². The molecule has 8 heteroatoms. The molecule has 0 bridgehead atoms. The maximum Gasteiger partial charge on any atom is 0.336 e. The van der Waals surface area contributed by atoms with Gasteiger partial charge >= 0.3 is 5.63 Å². The lowest BCUT2D eigenvalue weighted by Gasteiger charge is -2.19. The fourth-order valence-electron chi connectivity index (χ4n) is 2.49. The number of unbranched alkanes of at least 4 members (excludes halogenated alkanes) is 1. The molecule has 1 aromatic heterocycles. The number of hydrogen-bond acceptors (Lipinski definition) is 5. The largest absolute Gasteiger partial charge is 0.422 e. The Kier molecular flexibility index (Phi) is 6.43. The molecule has 1 amide bonds. The molecule has 0 aliphatic carbocycles. The summed E-state index contributed by atoms with van der Waals surface area (Å²) in [6.07, 6.45) is 1.43. The second-order valence-corrected chi connectivity index (χ2v) is 10.0. The third kappa shape index (κ3) is 5.64. The molecule has 0 saturated carbocycles. The Bertz CT molecular complexity index is 987. The quantitative estimate of drug-likeness (QED) is 0.555. The highest BCUT2D eigenvalue weighted by molar-refractivity contribution is 7.90. The van der Waals surface area contributed by atoms with E-state index in [1.54, 1.807) is 39.0 Å². The molecule has 1 heterocycles. The van der Waals surface area contributed by atoms with E-state index in [0.29, 0.717) is 30.7 Å². The number of aryl methyl sites for hydroxylation is 1. The summed E-state index contributed by atoms with van der Waals surface area (Å²) in [4.78, 5) is 23.4. The average Bonchev–Trinajstić information content (AvgIpc) is 2.54. The van der Waals surface area contributed by atoms with Crippen molar-refractivity contribution in [2.75, 3.05) is 11.9 Å². The van der Waals surface area contributed by atoms with Crippen LogP contribution in [-0.4, -0.2) is 25.6 Å². The zero-order chi connectivity index (χ0) is 20.2. The van der Waals surface area contributed by atoms with Crippen LogP contribution in [0.4, 0.5) is 5.69 Å². The van der Waals surface area contributed by atoms with Crippen molar-refractivity contribution in [2.24, 2.45) is 0 Å². The number of benzene rings is 1. The predicted octanol–water partition coefficient (Wildman–Crippen LogP) is 2.93. The van der Waals surface area contributed by atoms with Crippen molar-refractivity contribution in [3.05, 3.63) is 40.2 Å². The number of hydrogen-bond donors (Lipinski definition) is 2. The average molecular weight is 394 g/mol. The molecule has 0 unspecified atom stereocenters. The highest BCUT2D eigenvalue weighted by Gasteiger charge is 2.27. The summed E-state index contributed by atoms with van der Waals surface area (Å²) in [5, 5.41) is 3.56. The highest BCUT2D eigenvalue weighted by Crippen LogP contribution is 2.22. The maximum absolute atomic E-state index is 12.1. The highest BCUT2D eigenvalue weighted by atomic mass is 32.2. The number of fused-ring (bicyclic) bond motifs is 1. The molecule has 2 N–H and O–H groups in total. The first-order chi connectivity index (χ1) is 12.5. The number of carbonyl (C=O) groups is 1. The summed E-state index contributed by atoms with van der Waals surface area (Å²) < 4.78 is 30.7. The molecular formula is C19H26N2O5S. The van der Waals surface area contributed by atoms with Crippen molar-refractivity contribution in [3.8, 4) is 0 Å². The van der Waals surface area contributed by atoms with Gasteiger partial charge < -0.3 is 9.73 Å². The van der Waals surface area contributed by atoms with Crippen LogP contribution in [0.15, 0.2) is 33.5 Å². The van der Waals surface area contributed by atoms with E-state index < -0.39 is 20.4 Å². The first kappa shape index (κ1) is 21.1. The third-order valence-corrected chi connectivity index (χ3v) is 6.31. The van der Waals surface area contributed by atoms with Gasteiger partial charge in [-0.15, -0.1) is 0 Å². The van der Waals surface area contributed by atoms with Gasteiger partial charge in [0.25, 0.3) is 0 Å². The van der Waals surface area contributed by atoms with E-state index in [2.05, 4.69) is 10.0 Å². The number of rotatable bonds is 7. The maximum atomic E-state index is 12.1. The van der Waals surface area contributed by atoms with E-state index in [0.717, 1.165) is 10.9 Å². The van der Waals surface area contributed by atoms with E-state index in [9.17, 15) is 18.0 Å². The molecular weight excluding hydrogens is 368 g/mol. The Morgan fingerprint density at radius 1 is 1.15 bits per heavy atom. The number of nitrogens with one attached hydrogen (secondary N) is 2. The number of anilines is 1. The molecule has 148 valence electrons. The first-order valence-electron chi connectivity index (χ1n) is 8.83. The van der Waals surface area contributed by atoms with Gasteiger partial charge in [0.2, 0.25) is 15.9 Å². The van der Waals surface area contributed by atoms with Gasteiger partial charge in [0, 0.05) is 30.1 Å². The van der Waals surface area contributed by atoms with Gasteiger partial charge in [0.05, 0.1) is 4.75 Å². The minimum absolute atomic E-state index is 0.148. The van der Waals surface area contributed by atoms with Gasteiger partial charge in [-0.25, -0.2) is 17.9 Å². The lowest BCUT2D eigenvalue weighted by atomic mass is 10.1. The van der Waals surface area contributed by atoms with Crippen molar-refractivity contribution in [3.63, 3.8) is 0 Å². The summed E-state index contributed by atoms with van der Waals surface area (Å²) in [7, 11) is -3.36. The summed E-state index contributed by atoms with van der Waals surface area (Å²) in [5.74, 6) is -0.148. The van der Waals surface area contributed by atoms with Crippen LogP contribution < -0.4 is 15.7 Å². The SMILES string of the molecule is Cc1cc(NC(=O)CCCCNS(=O)(=O)C(C)(C)C)cc2ccc(=O)oc12. The third-order valence-electron chi connectivity index (χ3n) is 4.12. The topological polar surface area (TPSA) is 105 Å². The number of amides is 1. The van der Waals surface area contributed by atoms with E-state index in [1.165, 1.54) is 6.07 Å². The molecule has 7 nitrogen and oxygen atoms in total. The van der Waals surface area contributed by atoms with Crippen LogP contribution in [0.25, 0.3) is 11.0 Å². The molecule has 0 aliphatic rings. The minimum Gasteiger partial charge on any atom is -0.422 e. The molecule has 0 spiro atoms. The van der Waals surface area contributed by atoms with Crippen molar-refractivity contribution in [1.29, 1.82) is 0 Å². The molecule has 1 aromatic carbocycles. The van der Waals surface area contributed by atoms with E-state index >= 15 is 0 Å². The van der Waals surface area contributed by atoms with E-state index in [1.807, 2.05) is 6.92 Å². The Labute approximate surface area is 159 Å². The van der Waals surface area contributed by atoms with Gasteiger partial charge in [-0.2, -0.15) is 0 Å². The Morgan fingerprint density at radius 3 is 2.52 bits per heavy atom. The van der Waals surface area contributed by atoms with Crippen LogP contribution in [-0.2, 0) is 14.8 Å². The Balaban J connectivity index is 1.85. The van der Waals surface area contributed by atoms with E-state index in [4.69, 9.17) is 4.42 Å². The van der Waals surface area contributed by atoms with Gasteiger partial charge in [-0.1, -0.05) is 0 Å². The first-order valence-corrected chi connectivity index (χ1v) is 10.3. The molecule has 0 radical (unpaired) electrons. The van der Waals surface area contributed by atoms with Gasteiger partial charge in [-0.05, 0) is 64.3 Å². The smallest absolute Gasteiger partial charge is 0.336 e. The Hall–Kier alpha value is -2.19. The zero-order valence-electron chi connectivity index (χ0n) is 16.1. The Morgan fingerprint density at radius 2 is 1.85 bits per heavy atom. The van der Waals surface area contributed by atoms with Crippen LogP contribution in [0.5, 0.6) is 0 Å². The summed E-state index contributed by atoms with van der Waals surface area (Å²) in [6, 6.07) is 6.50. The fourth-order valence-corrected chi connectivity index (χ4v) is 3.33. The molecule has 0 saturated heterocycles. The lowest BCUT2D eigenvalue weighted by Crippen LogP contribution is -2.39. The normalized spacial score (nSPS) is 12.3. The van der Waals surface area contributed by atoms with Crippen LogP contribution in [0.2, 0.25) is 0 Å². The van der Waals surface area contributed by atoms with Crippen molar-refractivity contribution < 1.29 is 17.6 Å². The monoisotopic (exact) mass is 394 g/mol. The van der Waals surface area contributed by atoms with Crippen LogP contribution in [0.1, 0.15) is 45.6 Å². The second kappa shape index (κ2) is 8.22. The van der Waals surface area contributed by atoms with Crippen molar-refractivity contribution >= 4 is 32.6 Å². The number of sulfonamides is 1. The standard InChI is InChI=1S/C19H26N2O5S/c1-13-11-15(12-14-8-9-17(23)26-18(13)14)21-16(22)7-5-6-10-20-27(24,25)19(2,3)4/h8-9,11-12,20H,5-7,10H2,1-4H3,(H,21,22). The molecule has 0 atom stereocenters. The van der Waals surface area contributed by atoms with Gasteiger partial charge in [0.15, 0.2) is 0 Å². The summed E-state index contributed by atoms with van der Waals surface area (Å²) in [6.45, 7) is 7.03. The molecule has 2 aromatic rings. The molecule has 0 fully saturated rings. The van der Waals surface area contributed by atoms with Crippen molar-refractivity contribution in [1.82, 2.24) is 4.72 Å². The summed E-state index contributed by atoms with van der Waals surface area (Å²) >= 11 is 0. The van der Waals surface area contributed by atoms with Crippen molar-refractivity contribution in [2.45, 2.75) is 51.7 Å². The zero-order valence-corrected chi connectivity index (χ0v) is 16.9. The van der Waals surface area contributed by atoms with Gasteiger partial charge in [-0.3, -0.25) is 4.79 Å². The molecule has 0 aliphatic heterocycles.